The highest BCUT2D eigenvalue weighted by molar-refractivity contribution is 7.99. The lowest BCUT2D eigenvalue weighted by molar-refractivity contribution is 0.597. The topological polar surface area (TPSA) is 12.0 Å². The van der Waals surface area contributed by atoms with Crippen LogP contribution in [0, 0.1) is 5.82 Å². The maximum atomic E-state index is 13.5. The number of hydrogen-bond donors (Lipinski definition) is 1. The first-order valence-corrected chi connectivity index (χ1v) is 5.99. The lowest BCUT2D eigenvalue weighted by Crippen LogP contribution is -2.15. The van der Waals surface area contributed by atoms with E-state index in [9.17, 15) is 4.39 Å². The van der Waals surface area contributed by atoms with Crippen molar-refractivity contribution in [2.24, 2.45) is 0 Å². The normalized spacial score (nSPS) is 23.1. The number of rotatable bonds is 1. The number of nitrogens with one attached hydrogen (secondary N) is 1. The first-order valence-electron chi connectivity index (χ1n) is 4.94. The van der Waals surface area contributed by atoms with Gasteiger partial charge >= 0.3 is 0 Å². The van der Waals surface area contributed by atoms with Crippen LogP contribution in [0.25, 0.3) is 0 Å². The second-order valence-corrected chi connectivity index (χ2v) is 4.73. The molecule has 1 heterocycles. The monoisotopic (exact) mass is 211 g/mol. The van der Waals surface area contributed by atoms with Gasteiger partial charge in [0, 0.05) is 23.1 Å². The standard InChI is InChI=1S/C11H14FNS/c12-10-4-2-1-3-9(10)11-5-6-13-7-8-14-11/h1-4,11,13H,5-8H2/t11-/m0/s1. The van der Waals surface area contributed by atoms with Crippen molar-refractivity contribution in [2.75, 3.05) is 18.8 Å². The summed E-state index contributed by atoms with van der Waals surface area (Å²) in [4.78, 5) is 0. The van der Waals surface area contributed by atoms with Crippen molar-refractivity contribution in [1.29, 1.82) is 0 Å². The van der Waals surface area contributed by atoms with Gasteiger partial charge in [0.2, 0.25) is 0 Å². The van der Waals surface area contributed by atoms with Gasteiger partial charge in [0.1, 0.15) is 5.82 Å². The minimum atomic E-state index is -0.0631. The number of thioether (sulfide) groups is 1. The molecule has 1 N–H and O–H groups in total. The van der Waals surface area contributed by atoms with E-state index in [1.165, 1.54) is 0 Å². The van der Waals surface area contributed by atoms with E-state index in [2.05, 4.69) is 5.32 Å². The van der Waals surface area contributed by atoms with Gasteiger partial charge in [-0.3, -0.25) is 0 Å². The second-order valence-electron chi connectivity index (χ2n) is 3.42. The Hall–Kier alpha value is -0.540. The fourth-order valence-corrected chi connectivity index (χ4v) is 2.90. The fourth-order valence-electron chi connectivity index (χ4n) is 1.70. The number of hydrogen-bond acceptors (Lipinski definition) is 2. The summed E-state index contributed by atoms with van der Waals surface area (Å²) < 4.78 is 13.5. The van der Waals surface area contributed by atoms with E-state index in [-0.39, 0.29) is 5.82 Å². The van der Waals surface area contributed by atoms with Crippen LogP contribution in [-0.4, -0.2) is 18.8 Å². The number of halogens is 1. The summed E-state index contributed by atoms with van der Waals surface area (Å²) in [6.07, 6.45) is 1.02. The highest BCUT2D eigenvalue weighted by Gasteiger charge is 2.17. The van der Waals surface area contributed by atoms with Gasteiger partial charge in [-0.1, -0.05) is 18.2 Å². The third kappa shape index (κ3) is 2.28. The first kappa shape index (κ1) is 9.99. The van der Waals surface area contributed by atoms with Gasteiger partial charge in [0.05, 0.1) is 0 Å². The van der Waals surface area contributed by atoms with Gasteiger partial charge in [-0.15, -0.1) is 0 Å². The van der Waals surface area contributed by atoms with Gasteiger partial charge in [-0.2, -0.15) is 11.8 Å². The molecule has 1 aliphatic heterocycles. The van der Waals surface area contributed by atoms with Crippen molar-refractivity contribution in [2.45, 2.75) is 11.7 Å². The van der Waals surface area contributed by atoms with E-state index in [0.717, 1.165) is 30.8 Å². The smallest absolute Gasteiger partial charge is 0.127 e. The summed E-state index contributed by atoms with van der Waals surface area (Å²) in [5, 5.41) is 3.65. The maximum Gasteiger partial charge on any atom is 0.127 e. The SMILES string of the molecule is Fc1ccccc1[C@@H]1CCNCCS1. The molecule has 0 aliphatic carbocycles. The molecule has 1 nitrogen and oxygen atoms in total. The van der Waals surface area contributed by atoms with Crippen LogP contribution in [0.1, 0.15) is 17.2 Å². The average molecular weight is 211 g/mol. The molecule has 1 aromatic carbocycles. The van der Waals surface area contributed by atoms with Gasteiger partial charge in [0.15, 0.2) is 0 Å². The molecular formula is C11H14FNS. The summed E-state index contributed by atoms with van der Waals surface area (Å²) >= 11 is 1.85. The Bertz CT molecular complexity index is 295. The quantitative estimate of drug-likeness (QED) is 0.766. The lowest BCUT2D eigenvalue weighted by atomic mass is 10.1. The van der Waals surface area contributed by atoms with Crippen LogP contribution in [0.15, 0.2) is 24.3 Å². The molecule has 1 saturated heterocycles. The van der Waals surface area contributed by atoms with Gasteiger partial charge in [0.25, 0.3) is 0 Å². The Balaban J connectivity index is 2.16. The zero-order chi connectivity index (χ0) is 9.80. The Kier molecular flexibility index (Phi) is 3.43. The third-order valence-electron chi connectivity index (χ3n) is 2.43. The average Bonchev–Trinajstić information content (AvgIpc) is 2.47. The minimum absolute atomic E-state index is 0.0631. The molecule has 0 amide bonds. The fraction of sp³-hybridized carbons (Fsp3) is 0.455. The highest BCUT2D eigenvalue weighted by Crippen LogP contribution is 2.33. The largest absolute Gasteiger partial charge is 0.316 e. The van der Waals surface area contributed by atoms with Crippen molar-refractivity contribution in [1.82, 2.24) is 5.32 Å². The molecule has 2 rings (SSSR count). The molecule has 0 bridgehead atoms. The van der Waals surface area contributed by atoms with Crippen molar-refractivity contribution >= 4 is 11.8 Å². The Labute approximate surface area is 88.1 Å². The molecule has 1 fully saturated rings. The van der Waals surface area contributed by atoms with Crippen LogP contribution in [0.5, 0.6) is 0 Å². The Morgan fingerprint density at radius 2 is 2.14 bits per heavy atom. The van der Waals surface area contributed by atoms with E-state index in [1.54, 1.807) is 12.1 Å². The van der Waals surface area contributed by atoms with E-state index < -0.39 is 0 Å². The first-order chi connectivity index (χ1) is 6.88. The zero-order valence-electron chi connectivity index (χ0n) is 8.00. The van der Waals surface area contributed by atoms with Crippen LogP contribution in [0.2, 0.25) is 0 Å². The van der Waals surface area contributed by atoms with Crippen LogP contribution in [0.4, 0.5) is 4.39 Å². The van der Waals surface area contributed by atoms with Crippen molar-refractivity contribution < 1.29 is 4.39 Å². The second kappa shape index (κ2) is 4.80. The van der Waals surface area contributed by atoms with Crippen LogP contribution in [0.3, 0.4) is 0 Å². The molecule has 76 valence electrons. The Morgan fingerprint density at radius 1 is 1.29 bits per heavy atom. The van der Waals surface area contributed by atoms with Crippen LogP contribution in [-0.2, 0) is 0 Å². The highest BCUT2D eigenvalue weighted by atomic mass is 32.2. The molecule has 3 heteroatoms. The molecular weight excluding hydrogens is 197 g/mol. The molecule has 1 aliphatic rings. The summed E-state index contributed by atoms with van der Waals surface area (Å²) in [6, 6.07) is 7.11. The van der Waals surface area contributed by atoms with Gasteiger partial charge in [-0.05, 0) is 19.0 Å². The van der Waals surface area contributed by atoms with Crippen molar-refractivity contribution in [3.05, 3.63) is 35.6 Å². The van der Waals surface area contributed by atoms with E-state index in [0.29, 0.717) is 5.25 Å². The zero-order valence-corrected chi connectivity index (χ0v) is 8.82. The molecule has 0 saturated carbocycles. The molecule has 0 radical (unpaired) electrons. The maximum absolute atomic E-state index is 13.5. The minimum Gasteiger partial charge on any atom is -0.316 e. The van der Waals surface area contributed by atoms with Crippen molar-refractivity contribution in [3.8, 4) is 0 Å². The van der Waals surface area contributed by atoms with Crippen molar-refractivity contribution in [3.63, 3.8) is 0 Å². The predicted molar refractivity (Wildman–Crippen MR) is 59.1 cm³/mol. The molecule has 0 aromatic heterocycles. The molecule has 0 spiro atoms. The summed E-state index contributed by atoms with van der Waals surface area (Å²) in [6.45, 7) is 2.03. The van der Waals surface area contributed by atoms with E-state index in [1.807, 2.05) is 23.9 Å². The lowest BCUT2D eigenvalue weighted by Gasteiger charge is -2.13. The Morgan fingerprint density at radius 3 is 3.00 bits per heavy atom. The van der Waals surface area contributed by atoms with Crippen LogP contribution < -0.4 is 5.32 Å². The molecule has 1 atom stereocenters. The number of benzene rings is 1. The summed E-state index contributed by atoms with van der Waals surface area (Å²) in [5.41, 5.74) is 0.862. The van der Waals surface area contributed by atoms with E-state index in [4.69, 9.17) is 0 Å². The van der Waals surface area contributed by atoms with E-state index >= 15 is 0 Å². The molecule has 0 unspecified atom stereocenters. The van der Waals surface area contributed by atoms with Crippen LogP contribution >= 0.6 is 11.8 Å². The predicted octanol–water partition coefficient (Wildman–Crippen LogP) is 2.59. The molecule has 1 aromatic rings. The van der Waals surface area contributed by atoms with Gasteiger partial charge in [-0.25, -0.2) is 4.39 Å². The summed E-state index contributed by atoms with van der Waals surface area (Å²) in [7, 11) is 0. The molecule has 14 heavy (non-hydrogen) atoms. The summed E-state index contributed by atoms with van der Waals surface area (Å²) in [5.74, 6) is 1.01. The van der Waals surface area contributed by atoms with Gasteiger partial charge < -0.3 is 5.32 Å². The third-order valence-corrected chi connectivity index (χ3v) is 3.77.